The molecule has 0 bridgehead atoms. The summed E-state index contributed by atoms with van der Waals surface area (Å²) in [5.41, 5.74) is 2.82. The van der Waals surface area contributed by atoms with E-state index in [1.807, 2.05) is 44.2 Å². The van der Waals surface area contributed by atoms with Gasteiger partial charge in [0.05, 0.1) is 13.7 Å². The van der Waals surface area contributed by atoms with Gasteiger partial charge in [-0.2, -0.15) is 0 Å². The number of carbonyl (C=O) groups excluding carboxylic acids is 2. The second kappa shape index (κ2) is 9.62. The van der Waals surface area contributed by atoms with Gasteiger partial charge >= 0.3 is 0 Å². The fraction of sp³-hybridized carbons (Fsp3) is 0.333. The van der Waals surface area contributed by atoms with Crippen molar-refractivity contribution in [3.63, 3.8) is 0 Å². The molecule has 2 aromatic carbocycles. The molecule has 0 aliphatic heterocycles. The molecule has 0 aromatic heterocycles. The maximum Gasteiger partial charge on any atom is 0.240 e. The van der Waals surface area contributed by atoms with Crippen molar-refractivity contribution in [2.45, 2.75) is 20.8 Å². The van der Waals surface area contributed by atoms with Crippen molar-refractivity contribution in [1.29, 1.82) is 0 Å². The Balaban J connectivity index is 1.84. The number of carbonyl (C=O) groups is 2. The minimum atomic E-state index is -0.233. The predicted octanol–water partition coefficient (Wildman–Crippen LogP) is 2.86. The molecule has 2 rings (SSSR count). The van der Waals surface area contributed by atoms with Crippen molar-refractivity contribution in [2.75, 3.05) is 31.7 Å². The number of nitrogens with one attached hydrogen (secondary N) is 1. The van der Waals surface area contributed by atoms with E-state index in [0.29, 0.717) is 18.9 Å². The lowest BCUT2D eigenvalue weighted by atomic mass is 10.1. The number of hydrogen-bond donors (Lipinski definition) is 1. The second-order valence-electron chi connectivity index (χ2n) is 6.27. The third-order valence-electron chi connectivity index (χ3n) is 4.08. The molecule has 0 aliphatic rings. The number of benzene rings is 2. The van der Waals surface area contributed by atoms with Gasteiger partial charge < -0.3 is 19.7 Å². The van der Waals surface area contributed by atoms with Gasteiger partial charge in [0.25, 0.3) is 0 Å². The Morgan fingerprint density at radius 3 is 2.30 bits per heavy atom. The number of amides is 2. The topological polar surface area (TPSA) is 67.9 Å². The van der Waals surface area contributed by atoms with Crippen molar-refractivity contribution in [3.05, 3.63) is 53.6 Å². The Morgan fingerprint density at radius 1 is 1.04 bits per heavy atom. The summed E-state index contributed by atoms with van der Waals surface area (Å²) in [6.45, 7) is 6.04. The quantitative estimate of drug-likeness (QED) is 0.726. The summed E-state index contributed by atoms with van der Waals surface area (Å²) in [6, 6.07) is 13.0. The fourth-order valence-corrected chi connectivity index (χ4v) is 2.71. The SMILES string of the molecule is COc1ccc(OCCNC(=O)CN(C(C)=O)c2ccc(C)cc2C)cc1. The maximum atomic E-state index is 12.2. The highest BCUT2D eigenvalue weighted by Gasteiger charge is 2.17. The zero-order valence-corrected chi connectivity index (χ0v) is 16.2. The van der Waals surface area contributed by atoms with Gasteiger partial charge in [-0.25, -0.2) is 0 Å². The van der Waals surface area contributed by atoms with Gasteiger partial charge in [0.15, 0.2) is 0 Å². The number of nitrogens with zero attached hydrogens (tertiary/aromatic N) is 1. The van der Waals surface area contributed by atoms with Crippen LogP contribution in [0.15, 0.2) is 42.5 Å². The van der Waals surface area contributed by atoms with Crippen molar-refractivity contribution in [2.24, 2.45) is 0 Å². The van der Waals surface area contributed by atoms with E-state index in [2.05, 4.69) is 5.32 Å². The lowest BCUT2D eigenvalue weighted by Gasteiger charge is -2.23. The van der Waals surface area contributed by atoms with Gasteiger partial charge in [-0.3, -0.25) is 9.59 Å². The highest BCUT2D eigenvalue weighted by atomic mass is 16.5. The van der Waals surface area contributed by atoms with Crippen LogP contribution in [0.4, 0.5) is 5.69 Å². The molecule has 0 unspecified atom stereocenters. The first-order chi connectivity index (χ1) is 12.9. The minimum Gasteiger partial charge on any atom is -0.497 e. The van der Waals surface area contributed by atoms with Crippen LogP contribution in [0.3, 0.4) is 0 Å². The van der Waals surface area contributed by atoms with Crippen molar-refractivity contribution < 1.29 is 19.1 Å². The Morgan fingerprint density at radius 2 is 1.70 bits per heavy atom. The van der Waals surface area contributed by atoms with E-state index in [1.165, 1.54) is 11.8 Å². The lowest BCUT2D eigenvalue weighted by Crippen LogP contribution is -2.41. The molecule has 2 amide bonds. The van der Waals surface area contributed by atoms with Gasteiger partial charge in [0.2, 0.25) is 11.8 Å². The zero-order valence-electron chi connectivity index (χ0n) is 16.2. The molecule has 0 spiro atoms. The van der Waals surface area contributed by atoms with Crippen molar-refractivity contribution >= 4 is 17.5 Å². The van der Waals surface area contributed by atoms with Crippen LogP contribution in [0.2, 0.25) is 0 Å². The number of aryl methyl sites for hydroxylation is 2. The fourth-order valence-electron chi connectivity index (χ4n) is 2.71. The van der Waals surface area contributed by atoms with Crippen LogP contribution in [0.5, 0.6) is 11.5 Å². The molecule has 1 N–H and O–H groups in total. The second-order valence-corrected chi connectivity index (χ2v) is 6.27. The third-order valence-corrected chi connectivity index (χ3v) is 4.08. The maximum absolute atomic E-state index is 12.2. The Labute approximate surface area is 160 Å². The van der Waals surface area contributed by atoms with Crippen LogP contribution in [-0.4, -0.2) is 38.6 Å². The first kappa shape index (κ1) is 20.3. The summed E-state index contributed by atoms with van der Waals surface area (Å²) >= 11 is 0. The summed E-state index contributed by atoms with van der Waals surface area (Å²) in [6.07, 6.45) is 0. The van der Waals surface area contributed by atoms with Crippen LogP contribution >= 0.6 is 0 Å². The van der Waals surface area contributed by atoms with E-state index in [0.717, 1.165) is 22.6 Å². The van der Waals surface area contributed by atoms with E-state index in [-0.39, 0.29) is 18.4 Å². The van der Waals surface area contributed by atoms with Gasteiger partial charge in [-0.15, -0.1) is 0 Å². The van der Waals surface area contributed by atoms with Gasteiger partial charge in [0.1, 0.15) is 24.7 Å². The normalized spacial score (nSPS) is 10.2. The molecule has 27 heavy (non-hydrogen) atoms. The minimum absolute atomic E-state index is 0.0260. The van der Waals surface area contributed by atoms with Crippen LogP contribution in [0.25, 0.3) is 0 Å². The van der Waals surface area contributed by atoms with E-state index in [9.17, 15) is 9.59 Å². The Hall–Kier alpha value is -3.02. The first-order valence-corrected chi connectivity index (χ1v) is 8.79. The monoisotopic (exact) mass is 370 g/mol. The summed E-state index contributed by atoms with van der Waals surface area (Å²) in [5.74, 6) is 1.05. The number of ether oxygens (including phenoxy) is 2. The van der Waals surface area contributed by atoms with Gasteiger partial charge in [0, 0.05) is 12.6 Å². The van der Waals surface area contributed by atoms with Crippen molar-refractivity contribution in [3.8, 4) is 11.5 Å². The highest BCUT2D eigenvalue weighted by Crippen LogP contribution is 2.21. The third kappa shape index (κ3) is 6.02. The molecule has 0 heterocycles. The molecule has 144 valence electrons. The zero-order chi connectivity index (χ0) is 19.8. The largest absolute Gasteiger partial charge is 0.497 e. The van der Waals surface area contributed by atoms with Crippen molar-refractivity contribution in [1.82, 2.24) is 5.32 Å². The molecular weight excluding hydrogens is 344 g/mol. The smallest absolute Gasteiger partial charge is 0.240 e. The first-order valence-electron chi connectivity index (χ1n) is 8.79. The molecule has 6 nitrogen and oxygen atoms in total. The standard InChI is InChI=1S/C21H26N2O4/c1-15-5-10-20(16(2)13-15)23(17(3)24)14-21(25)22-11-12-27-19-8-6-18(26-4)7-9-19/h5-10,13H,11-12,14H2,1-4H3,(H,22,25). The summed E-state index contributed by atoms with van der Waals surface area (Å²) < 4.78 is 10.7. The van der Waals surface area contributed by atoms with E-state index in [4.69, 9.17) is 9.47 Å². The molecule has 0 saturated carbocycles. The van der Waals surface area contributed by atoms with Gasteiger partial charge in [-0.1, -0.05) is 17.7 Å². The lowest BCUT2D eigenvalue weighted by molar-refractivity contribution is -0.123. The molecular formula is C21H26N2O4. The molecule has 0 radical (unpaired) electrons. The Bertz CT molecular complexity index is 787. The molecule has 0 atom stereocenters. The molecule has 0 aliphatic carbocycles. The Kier molecular flexibility index (Phi) is 7.23. The molecule has 6 heteroatoms. The average Bonchev–Trinajstić information content (AvgIpc) is 2.64. The summed E-state index contributed by atoms with van der Waals surface area (Å²) in [4.78, 5) is 25.7. The summed E-state index contributed by atoms with van der Waals surface area (Å²) in [7, 11) is 1.60. The predicted molar refractivity (Wildman–Crippen MR) is 105 cm³/mol. The van der Waals surface area contributed by atoms with Crippen LogP contribution < -0.4 is 19.7 Å². The van der Waals surface area contributed by atoms with Gasteiger partial charge in [-0.05, 0) is 49.7 Å². The number of rotatable bonds is 8. The molecule has 0 fully saturated rings. The van der Waals surface area contributed by atoms with E-state index >= 15 is 0 Å². The van der Waals surface area contributed by atoms with Crippen LogP contribution in [0, 0.1) is 13.8 Å². The number of methoxy groups -OCH3 is 1. The van der Waals surface area contributed by atoms with E-state index in [1.54, 1.807) is 19.2 Å². The van der Waals surface area contributed by atoms with E-state index < -0.39 is 0 Å². The number of hydrogen-bond acceptors (Lipinski definition) is 4. The van der Waals surface area contributed by atoms with Crippen LogP contribution in [-0.2, 0) is 9.59 Å². The average molecular weight is 370 g/mol. The summed E-state index contributed by atoms with van der Waals surface area (Å²) in [5, 5.41) is 2.78. The number of anilines is 1. The van der Waals surface area contributed by atoms with Crippen LogP contribution in [0.1, 0.15) is 18.1 Å². The molecule has 0 saturated heterocycles. The highest BCUT2D eigenvalue weighted by molar-refractivity contribution is 5.98. The molecule has 2 aromatic rings.